The van der Waals surface area contributed by atoms with Gasteiger partial charge < -0.3 is 10.4 Å². The van der Waals surface area contributed by atoms with Gasteiger partial charge in [0.15, 0.2) is 0 Å². The van der Waals surface area contributed by atoms with Crippen molar-refractivity contribution in [3.05, 3.63) is 56.4 Å². The smallest absolute Gasteiger partial charge is 0.329 e. The van der Waals surface area contributed by atoms with Crippen molar-refractivity contribution >= 4 is 39.1 Å². The minimum Gasteiger partial charge on any atom is -0.480 e. The van der Waals surface area contributed by atoms with Crippen LogP contribution in [0.4, 0.5) is 5.69 Å². The standard InChI is InChI=1S/C21H23N3O4S/c1-6-14-23-18-15(19(26)24(14)21(4,5)20(27)28)12(3)16(29-18)17(25)22-13-10-8-7-9-11(13)2/h7-10H,6H2,1-5H3,(H,22,25)(H,27,28). The molecule has 0 saturated carbocycles. The van der Waals surface area contributed by atoms with Gasteiger partial charge >= 0.3 is 5.97 Å². The number of fused-ring (bicyclic) bond motifs is 1. The number of para-hydroxylation sites is 1. The average Bonchev–Trinajstić information content (AvgIpc) is 2.99. The molecule has 0 bridgehead atoms. The molecule has 7 nitrogen and oxygen atoms in total. The summed E-state index contributed by atoms with van der Waals surface area (Å²) >= 11 is 1.14. The number of rotatable bonds is 5. The third-order valence-corrected chi connectivity index (χ3v) is 6.22. The number of hydrogen-bond donors (Lipinski definition) is 2. The number of nitrogens with zero attached hydrogens (tertiary/aromatic N) is 2. The van der Waals surface area contributed by atoms with E-state index in [1.54, 1.807) is 6.92 Å². The number of aryl methyl sites for hydroxylation is 3. The van der Waals surface area contributed by atoms with Crippen LogP contribution >= 0.6 is 11.3 Å². The van der Waals surface area contributed by atoms with E-state index in [1.807, 2.05) is 38.1 Å². The number of thiophene rings is 1. The fourth-order valence-electron chi connectivity index (χ4n) is 3.24. The summed E-state index contributed by atoms with van der Waals surface area (Å²) in [6.07, 6.45) is 0.392. The number of carboxylic acids is 1. The van der Waals surface area contributed by atoms with E-state index >= 15 is 0 Å². The van der Waals surface area contributed by atoms with Gasteiger partial charge in [-0.25, -0.2) is 9.78 Å². The highest BCUT2D eigenvalue weighted by atomic mass is 32.1. The van der Waals surface area contributed by atoms with E-state index in [2.05, 4.69) is 10.3 Å². The molecular formula is C21H23N3O4S. The van der Waals surface area contributed by atoms with E-state index in [9.17, 15) is 19.5 Å². The number of aliphatic carboxylic acids is 1. The second-order valence-corrected chi connectivity index (χ2v) is 8.39. The van der Waals surface area contributed by atoms with Crippen molar-refractivity contribution in [2.75, 3.05) is 5.32 Å². The number of aromatic nitrogens is 2. The highest BCUT2D eigenvalue weighted by Crippen LogP contribution is 2.30. The molecule has 1 amide bonds. The second kappa shape index (κ2) is 7.44. The van der Waals surface area contributed by atoms with Crippen LogP contribution in [0, 0.1) is 13.8 Å². The topological polar surface area (TPSA) is 101 Å². The molecule has 0 aliphatic carbocycles. The molecule has 152 valence electrons. The molecule has 0 saturated heterocycles. The van der Waals surface area contributed by atoms with Crippen LogP contribution in [-0.4, -0.2) is 26.5 Å². The Hall–Kier alpha value is -3.00. The first-order valence-electron chi connectivity index (χ1n) is 9.25. The van der Waals surface area contributed by atoms with Crippen molar-refractivity contribution in [3.63, 3.8) is 0 Å². The molecule has 8 heteroatoms. The molecule has 1 aromatic carbocycles. The van der Waals surface area contributed by atoms with E-state index in [0.717, 1.165) is 16.9 Å². The lowest BCUT2D eigenvalue weighted by Gasteiger charge is -2.25. The zero-order chi connectivity index (χ0) is 21.5. The normalized spacial score (nSPS) is 11.6. The second-order valence-electron chi connectivity index (χ2n) is 7.39. The van der Waals surface area contributed by atoms with E-state index in [4.69, 9.17) is 0 Å². The van der Waals surface area contributed by atoms with Crippen LogP contribution in [-0.2, 0) is 16.8 Å². The Bertz CT molecular complexity index is 1190. The maximum Gasteiger partial charge on any atom is 0.329 e. The van der Waals surface area contributed by atoms with Gasteiger partial charge in [0.25, 0.3) is 11.5 Å². The minimum absolute atomic E-state index is 0.288. The molecule has 0 fully saturated rings. The third kappa shape index (κ3) is 3.44. The van der Waals surface area contributed by atoms with Gasteiger partial charge in [-0.15, -0.1) is 11.3 Å². The Balaban J connectivity index is 2.18. The quantitative estimate of drug-likeness (QED) is 0.664. The van der Waals surface area contributed by atoms with E-state index < -0.39 is 17.1 Å². The number of carboxylic acid groups (broad SMARTS) is 1. The summed E-state index contributed by atoms with van der Waals surface area (Å²) in [5.74, 6) is -1.07. The summed E-state index contributed by atoms with van der Waals surface area (Å²) in [5.41, 5.74) is 0.230. The molecule has 0 unspecified atom stereocenters. The SMILES string of the molecule is CCc1nc2sc(C(=O)Nc3ccccc3C)c(C)c2c(=O)n1C(C)(C)C(=O)O. The van der Waals surface area contributed by atoms with Crippen molar-refractivity contribution < 1.29 is 14.7 Å². The van der Waals surface area contributed by atoms with Crippen molar-refractivity contribution in [1.29, 1.82) is 0 Å². The van der Waals surface area contributed by atoms with Crippen molar-refractivity contribution in [2.24, 2.45) is 0 Å². The molecule has 2 N–H and O–H groups in total. The zero-order valence-electron chi connectivity index (χ0n) is 17.0. The van der Waals surface area contributed by atoms with Crippen LogP contribution in [0.15, 0.2) is 29.1 Å². The lowest BCUT2D eigenvalue weighted by molar-refractivity contribution is -0.146. The van der Waals surface area contributed by atoms with E-state index in [1.165, 1.54) is 18.4 Å². The predicted molar refractivity (Wildman–Crippen MR) is 114 cm³/mol. The summed E-state index contributed by atoms with van der Waals surface area (Å²) in [7, 11) is 0. The summed E-state index contributed by atoms with van der Waals surface area (Å²) in [6, 6.07) is 7.43. The largest absolute Gasteiger partial charge is 0.480 e. The Kier molecular flexibility index (Phi) is 5.32. The number of nitrogens with one attached hydrogen (secondary N) is 1. The molecule has 0 spiro atoms. The molecule has 3 aromatic rings. The molecule has 2 aromatic heterocycles. The molecule has 0 atom stereocenters. The minimum atomic E-state index is -1.46. The maximum atomic E-state index is 13.3. The van der Waals surface area contributed by atoms with Gasteiger partial charge in [-0.3, -0.25) is 14.2 Å². The van der Waals surface area contributed by atoms with Crippen molar-refractivity contribution in [3.8, 4) is 0 Å². The Labute approximate surface area is 172 Å². The number of benzene rings is 1. The average molecular weight is 413 g/mol. The lowest BCUT2D eigenvalue weighted by Crippen LogP contribution is -2.44. The van der Waals surface area contributed by atoms with Gasteiger partial charge in [0.1, 0.15) is 16.2 Å². The van der Waals surface area contributed by atoms with Crippen LogP contribution in [0.25, 0.3) is 10.2 Å². The summed E-state index contributed by atoms with van der Waals surface area (Å²) < 4.78 is 1.22. The molecule has 3 rings (SSSR count). The number of carbonyl (C=O) groups excluding carboxylic acids is 1. The van der Waals surface area contributed by atoms with Gasteiger partial charge in [-0.2, -0.15) is 0 Å². The van der Waals surface area contributed by atoms with Gasteiger partial charge in [0, 0.05) is 12.1 Å². The molecular weight excluding hydrogens is 390 g/mol. The molecule has 2 heterocycles. The number of anilines is 1. The molecule has 29 heavy (non-hydrogen) atoms. The van der Waals surface area contributed by atoms with Crippen molar-refractivity contribution in [2.45, 2.75) is 46.6 Å². The van der Waals surface area contributed by atoms with Gasteiger partial charge in [0.2, 0.25) is 0 Å². The Morgan fingerprint density at radius 2 is 1.90 bits per heavy atom. The van der Waals surface area contributed by atoms with Gasteiger partial charge in [-0.05, 0) is 44.9 Å². The Morgan fingerprint density at radius 3 is 2.48 bits per heavy atom. The summed E-state index contributed by atoms with van der Waals surface area (Å²) in [6.45, 7) is 8.34. The fourth-order valence-corrected chi connectivity index (χ4v) is 4.33. The first-order valence-corrected chi connectivity index (χ1v) is 10.1. The summed E-state index contributed by atoms with van der Waals surface area (Å²) in [5, 5.41) is 12.8. The molecule has 0 radical (unpaired) electrons. The summed E-state index contributed by atoms with van der Waals surface area (Å²) in [4.78, 5) is 43.3. The highest BCUT2D eigenvalue weighted by molar-refractivity contribution is 7.20. The van der Waals surface area contributed by atoms with Crippen LogP contribution in [0.5, 0.6) is 0 Å². The first-order chi connectivity index (χ1) is 13.6. The van der Waals surface area contributed by atoms with Gasteiger partial charge in [0.05, 0.1) is 10.3 Å². The highest BCUT2D eigenvalue weighted by Gasteiger charge is 2.34. The molecule has 0 aliphatic rings. The first kappa shape index (κ1) is 20.7. The number of carbonyl (C=O) groups is 2. The zero-order valence-corrected chi connectivity index (χ0v) is 17.8. The van der Waals surface area contributed by atoms with E-state index in [0.29, 0.717) is 33.2 Å². The molecule has 0 aliphatic heterocycles. The van der Waals surface area contributed by atoms with Crippen LogP contribution < -0.4 is 10.9 Å². The predicted octanol–water partition coefficient (Wildman–Crippen LogP) is 3.71. The number of amides is 1. The third-order valence-electron chi connectivity index (χ3n) is 5.03. The number of hydrogen-bond acceptors (Lipinski definition) is 5. The van der Waals surface area contributed by atoms with Crippen molar-refractivity contribution in [1.82, 2.24) is 9.55 Å². The van der Waals surface area contributed by atoms with Crippen LogP contribution in [0.1, 0.15) is 47.4 Å². The van der Waals surface area contributed by atoms with Crippen LogP contribution in [0.2, 0.25) is 0 Å². The fraction of sp³-hybridized carbons (Fsp3) is 0.333. The monoisotopic (exact) mass is 413 g/mol. The Morgan fingerprint density at radius 1 is 1.24 bits per heavy atom. The maximum absolute atomic E-state index is 13.3. The lowest BCUT2D eigenvalue weighted by atomic mass is 10.0. The van der Waals surface area contributed by atoms with E-state index in [-0.39, 0.29) is 11.3 Å². The van der Waals surface area contributed by atoms with Crippen LogP contribution in [0.3, 0.4) is 0 Å². The van der Waals surface area contributed by atoms with Gasteiger partial charge in [-0.1, -0.05) is 25.1 Å².